The van der Waals surface area contributed by atoms with Gasteiger partial charge in [-0.25, -0.2) is 5.43 Å². The Labute approximate surface area is 188 Å². The van der Waals surface area contributed by atoms with Crippen LogP contribution in [-0.4, -0.2) is 25.2 Å². The van der Waals surface area contributed by atoms with Gasteiger partial charge in [0.1, 0.15) is 12.4 Å². The Balaban J connectivity index is 1.62. The second-order valence-electron chi connectivity index (χ2n) is 6.84. The Morgan fingerprint density at radius 1 is 1.00 bits per heavy atom. The lowest BCUT2D eigenvalue weighted by molar-refractivity contribution is 0.0950. The number of anilines is 1. The number of hydrogen-bond donors (Lipinski definition) is 1. The van der Waals surface area contributed by atoms with E-state index in [0.717, 1.165) is 29.9 Å². The Morgan fingerprint density at radius 3 is 2.39 bits per heavy atom. The van der Waals surface area contributed by atoms with Crippen LogP contribution in [0.1, 0.15) is 35.3 Å². The van der Waals surface area contributed by atoms with E-state index in [0.29, 0.717) is 16.3 Å². The molecule has 1 amide bonds. The number of rotatable bonds is 9. The van der Waals surface area contributed by atoms with Crippen LogP contribution in [0.5, 0.6) is 5.75 Å². The van der Waals surface area contributed by atoms with Crippen LogP contribution in [0, 0.1) is 0 Å². The highest BCUT2D eigenvalue weighted by atomic mass is 35.5. The maximum absolute atomic E-state index is 12.6. The number of nitrogens with one attached hydrogen (secondary N) is 1. The second kappa shape index (κ2) is 11.2. The van der Waals surface area contributed by atoms with Crippen LogP contribution in [0.4, 0.5) is 5.69 Å². The van der Waals surface area contributed by atoms with E-state index >= 15 is 0 Å². The van der Waals surface area contributed by atoms with Crippen LogP contribution >= 0.6 is 11.6 Å². The van der Waals surface area contributed by atoms with Crippen molar-refractivity contribution in [2.45, 2.75) is 20.5 Å². The van der Waals surface area contributed by atoms with Crippen LogP contribution in [0.3, 0.4) is 0 Å². The number of halogens is 1. The molecule has 0 saturated carbocycles. The number of ether oxygens (including phenoxy) is 1. The van der Waals surface area contributed by atoms with Gasteiger partial charge in [0.05, 0.1) is 11.8 Å². The zero-order valence-electron chi connectivity index (χ0n) is 17.7. The fraction of sp³-hybridized carbons (Fsp3) is 0.200. The van der Waals surface area contributed by atoms with Gasteiger partial charge in [0.15, 0.2) is 0 Å². The maximum Gasteiger partial charge on any atom is 0.275 e. The normalized spacial score (nSPS) is 10.8. The molecule has 31 heavy (non-hydrogen) atoms. The third-order valence-corrected chi connectivity index (χ3v) is 5.24. The lowest BCUT2D eigenvalue weighted by Crippen LogP contribution is -2.21. The fourth-order valence-electron chi connectivity index (χ4n) is 3.14. The van der Waals surface area contributed by atoms with E-state index < -0.39 is 0 Å². The van der Waals surface area contributed by atoms with E-state index in [4.69, 9.17) is 16.3 Å². The number of para-hydroxylation sites is 1. The molecule has 0 heterocycles. The van der Waals surface area contributed by atoms with Gasteiger partial charge in [-0.3, -0.25) is 4.79 Å². The summed E-state index contributed by atoms with van der Waals surface area (Å²) in [5.41, 5.74) is 5.89. The van der Waals surface area contributed by atoms with Crippen LogP contribution in [-0.2, 0) is 6.61 Å². The molecule has 160 valence electrons. The lowest BCUT2D eigenvalue weighted by atomic mass is 10.2. The highest BCUT2D eigenvalue weighted by molar-refractivity contribution is 6.31. The highest BCUT2D eigenvalue weighted by Crippen LogP contribution is 2.22. The third kappa shape index (κ3) is 6.09. The van der Waals surface area contributed by atoms with Gasteiger partial charge in [-0.1, -0.05) is 54.1 Å². The molecule has 3 aromatic rings. The van der Waals surface area contributed by atoms with Crippen molar-refractivity contribution in [2.75, 3.05) is 18.0 Å². The smallest absolute Gasteiger partial charge is 0.275 e. The van der Waals surface area contributed by atoms with Crippen LogP contribution in [0.25, 0.3) is 0 Å². The molecule has 3 aromatic carbocycles. The SMILES string of the molecule is CCN(CC)c1ccc(/C=N/NC(=O)c2ccccc2OCc2ccccc2Cl)cc1. The van der Waals surface area contributed by atoms with Crippen molar-refractivity contribution in [1.82, 2.24) is 5.43 Å². The molecule has 0 aliphatic carbocycles. The molecule has 3 rings (SSSR count). The van der Waals surface area contributed by atoms with E-state index in [1.807, 2.05) is 54.6 Å². The summed E-state index contributed by atoms with van der Waals surface area (Å²) in [6.07, 6.45) is 1.62. The summed E-state index contributed by atoms with van der Waals surface area (Å²) in [6, 6.07) is 22.6. The minimum Gasteiger partial charge on any atom is -0.488 e. The fourth-order valence-corrected chi connectivity index (χ4v) is 3.33. The van der Waals surface area contributed by atoms with Crippen molar-refractivity contribution in [2.24, 2.45) is 5.10 Å². The summed E-state index contributed by atoms with van der Waals surface area (Å²) in [7, 11) is 0. The molecular formula is C25H26ClN3O2. The van der Waals surface area contributed by atoms with Crippen LogP contribution < -0.4 is 15.1 Å². The summed E-state index contributed by atoms with van der Waals surface area (Å²) in [5, 5.41) is 4.72. The molecule has 0 saturated heterocycles. The topological polar surface area (TPSA) is 53.9 Å². The number of carbonyl (C=O) groups is 1. The summed E-state index contributed by atoms with van der Waals surface area (Å²) >= 11 is 6.18. The molecule has 0 atom stereocenters. The number of benzene rings is 3. The van der Waals surface area contributed by atoms with Crippen LogP contribution in [0.2, 0.25) is 5.02 Å². The van der Waals surface area contributed by atoms with E-state index in [2.05, 4.69) is 29.3 Å². The summed E-state index contributed by atoms with van der Waals surface area (Å²) in [5.74, 6) is 0.129. The van der Waals surface area contributed by atoms with Gasteiger partial charge in [-0.15, -0.1) is 0 Å². The molecule has 0 aliphatic heterocycles. The number of nitrogens with zero attached hydrogens (tertiary/aromatic N) is 2. The standard InChI is InChI=1S/C25H26ClN3O2/c1-3-29(4-2)21-15-13-19(14-16-21)17-27-28-25(30)22-10-6-8-12-24(22)31-18-20-9-5-7-11-23(20)26/h5-17H,3-4,18H2,1-2H3,(H,28,30)/b27-17+. The zero-order chi connectivity index (χ0) is 22.1. The Morgan fingerprint density at radius 2 is 1.68 bits per heavy atom. The number of amides is 1. The lowest BCUT2D eigenvalue weighted by Gasteiger charge is -2.20. The van der Waals surface area contributed by atoms with Crippen molar-refractivity contribution in [3.63, 3.8) is 0 Å². The predicted molar refractivity (Wildman–Crippen MR) is 127 cm³/mol. The average molecular weight is 436 g/mol. The first-order valence-electron chi connectivity index (χ1n) is 10.3. The molecule has 0 fully saturated rings. The van der Waals surface area contributed by atoms with E-state index in [-0.39, 0.29) is 12.5 Å². The van der Waals surface area contributed by atoms with Gasteiger partial charge in [-0.2, -0.15) is 5.10 Å². The summed E-state index contributed by atoms with van der Waals surface area (Å²) < 4.78 is 5.84. The molecule has 0 spiro atoms. The Hall–Kier alpha value is -3.31. The molecule has 0 bridgehead atoms. The van der Waals surface area contributed by atoms with Crippen molar-refractivity contribution in [3.8, 4) is 5.75 Å². The van der Waals surface area contributed by atoms with E-state index in [1.54, 1.807) is 24.4 Å². The Bertz CT molecular complexity index is 1030. The molecule has 0 unspecified atom stereocenters. The Kier molecular flexibility index (Phi) is 8.07. The zero-order valence-corrected chi connectivity index (χ0v) is 18.5. The van der Waals surface area contributed by atoms with Crippen molar-refractivity contribution >= 4 is 29.4 Å². The first-order chi connectivity index (χ1) is 15.1. The average Bonchev–Trinajstić information content (AvgIpc) is 2.80. The number of hydrogen-bond acceptors (Lipinski definition) is 4. The highest BCUT2D eigenvalue weighted by Gasteiger charge is 2.12. The predicted octanol–water partition coefficient (Wildman–Crippen LogP) is 5.53. The molecular weight excluding hydrogens is 410 g/mol. The van der Waals surface area contributed by atoms with Gasteiger partial charge in [0.25, 0.3) is 5.91 Å². The van der Waals surface area contributed by atoms with Gasteiger partial charge in [0, 0.05) is 29.4 Å². The molecule has 5 nitrogen and oxygen atoms in total. The summed E-state index contributed by atoms with van der Waals surface area (Å²) in [4.78, 5) is 14.9. The van der Waals surface area contributed by atoms with Gasteiger partial charge < -0.3 is 9.64 Å². The summed E-state index contributed by atoms with van der Waals surface area (Å²) in [6.45, 7) is 6.44. The molecule has 0 aliphatic rings. The monoisotopic (exact) mass is 435 g/mol. The van der Waals surface area contributed by atoms with Crippen molar-refractivity contribution in [1.29, 1.82) is 0 Å². The maximum atomic E-state index is 12.6. The number of hydrazone groups is 1. The van der Waals surface area contributed by atoms with Gasteiger partial charge in [-0.05, 0) is 49.7 Å². The quantitative estimate of drug-likeness (QED) is 0.355. The first kappa shape index (κ1) is 22.4. The van der Waals surface area contributed by atoms with Crippen molar-refractivity contribution in [3.05, 3.63) is 94.5 Å². The third-order valence-electron chi connectivity index (χ3n) is 4.87. The second-order valence-corrected chi connectivity index (χ2v) is 7.25. The molecule has 1 N–H and O–H groups in total. The number of carbonyl (C=O) groups excluding carboxylic acids is 1. The molecule has 0 radical (unpaired) electrons. The van der Waals surface area contributed by atoms with E-state index in [1.165, 1.54) is 0 Å². The van der Waals surface area contributed by atoms with Crippen molar-refractivity contribution < 1.29 is 9.53 Å². The molecule has 6 heteroatoms. The van der Waals surface area contributed by atoms with Gasteiger partial charge >= 0.3 is 0 Å². The minimum atomic E-state index is -0.342. The van der Waals surface area contributed by atoms with Crippen LogP contribution in [0.15, 0.2) is 77.9 Å². The van der Waals surface area contributed by atoms with E-state index in [9.17, 15) is 4.79 Å². The van der Waals surface area contributed by atoms with Gasteiger partial charge in [0.2, 0.25) is 0 Å². The minimum absolute atomic E-state index is 0.270. The largest absolute Gasteiger partial charge is 0.488 e. The molecule has 0 aromatic heterocycles. The first-order valence-corrected chi connectivity index (χ1v) is 10.6.